The van der Waals surface area contributed by atoms with E-state index in [0.29, 0.717) is 5.82 Å². The third kappa shape index (κ3) is 3.93. The third-order valence-corrected chi connectivity index (χ3v) is 3.77. The number of anilines is 1. The van der Waals surface area contributed by atoms with Gasteiger partial charge in [-0.2, -0.15) is 0 Å². The summed E-state index contributed by atoms with van der Waals surface area (Å²) in [6.45, 7) is 6.30. The van der Waals surface area contributed by atoms with Gasteiger partial charge < -0.3 is 9.88 Å². The van der Waals surface area contributed by atoms with Crippen molar-refractivity contribution < 1.29 is 13.6 Å². The number of aromatic nitrogens is 1. The zero-order chi connectivity index (χ0) is 15.8. The fourth-order valence-electron chi connectivity index (χ4n) is 2.13. The minimum Gasteiger partial charge on any atom is -0.337 e. The van der Waals surface area contributed by atoms with Crippen LogP contribution in [0.15, 0.2) is 24.4 Å². The number of alkyl halides is 2. The molecule has 0 aliphatic heterocycles. The summed E-state index contributed by atoms with van der Waals surface area (Å²) in [4.78, 5) is 11.8. The Balaban J connectivity index is 1.91. The van der Waals surface area contributed by atoms with Crippen LogP contribution in [0.5, 0.6) is 0 Å². The molecule has 1 heterocycles. The van der Waals surface area contributed by atoms with E-state index in [1.165, 1.54) is 12.2 Å². The highest BCUT2D eigenvalue weighted by Gasteiger charge is 2.55. The molecule has 1 saturated carbocycles. The maximum atomic E-state index is 12.7. The van der Waals surface area contributed by atoms with Crippen LogP contribution in [0.3, 0.4) is 0 Å². The zero-order valence-corrected chi connectivity index (χ0v) is 12.9. The number of halogens is 2. The Morgan fingerprint density at radius 1 is 1.52 bits per heavy atom. The predicted octanol–water partition coefficient (Wildman–Crippen LogP) is 3.86. The number of rotatable bonds is 4. The minimum atomic E-state index is -2.53. The fraction of sp³-hybridized carbons (Fsp3) is 0.562. The first-order chi connectivity index (χ1) is 9.59. The quantitative estimate of drug-likeness (QED) is 0.841. The Kier molecular flexibility index (Phi) is 3.95. The molecular formula is C16H22F2N2O. The minimum absolute atomic E-state index is 0.00807. The van der Waals surface area contributed by atoms with E-state index in [1.54, 1.807) is 0 Å². The van der Waals surface area contributed by atoms with Gasteiger partial charge >= 0.3 is 0 Å². The molecule has 1 atom stereocenters. The number of carbonyl (C=O) groups excluding carboxylic acids is 1. The Hall–Kier alpha value is -1.65. The lowest BCUT2D eigenvalue weighted by molar-refractivity contribution is -0.112. The van der Waals surface area contributed by atoms with Gasteiger partial charge in [-0.05, 0) is 29.5 Å². The molecule has 2 rings (SSSR count). The van der Waals surface area contributed by atoms with E-state index in [2.05, 4.69) is 26.1 Å². The second-order valence-electron chi connectivity index (χ2n) is 6.76. The monoisotopic (exact) mass is 296 g/mol. The van der Waals surface area contributed by atoms with Crippen LogP contribution < -0.4 is 5.32 Å². The molecule has 1 aliphatic rings. The summed E-state index contributed by atoms with van der Waals surface area (Å²) in [6.07, 6.45) is 5.02. The number of nitrogens with one attached hydrogen (secondary N) is 1. The van der Waals surface area contributed by atoms with Crippen LogP contribution in [0.4, 0.5) is 14.6 Å². The maximum Gasteiger partial charge on any atom is 0.251 e. The lowest BCUT2D eigenvalue weighted by Gasteiger charge is -2.15. The molecule has 0 radical (unpaired) electrons. The summed E-state index contributed by atoms with van der Waals surface area (Å²) in [6, 6.07) is 1.93. The van der Waals surface area contributed by atoms with Crippen molar-refractivity contribution in [2.24, 2.45) is 13.0 Å². The largest absolute Gasteiger partial charge is 0.337 e. The van der Waals surface area contributed by atoms with Crippen molar-refractivity contribution in [2.75, 3.05) is 5.32 Å². The molecule has 3 nitrogen and oxygen atoms in total. The lowest BCUT2D eigenvalue weighted by atomic mass is 9.89. The average molecular weight is 296 g/mol. The summed E-state index contributed by atoms with van der Waals surface area (Å²) in [5.41, 5.74) is 1.13. The highest BCUT2D eigenvalue weighted by molar-refractivity contribution is 5.98. The molecule has 0 aromatic carbocycles. The second-order valence-corrected chi connectivity index (χ2v) is 6.76. The Labute approximate surface area is 124 Å². The van der Waals surface area contributed by atoms with E-state index in [1.807, 2.05) is 23.9 Å². The van der Waals surface area contributed by atoms with Gasteiger partial charge in [0, 0.05) is 25.6 Å². The number of amides is 1. The molecule has 1 aliphatic carbocycles. The predicted molar refractivity (Wildman–Crippen MR) is 79.6 cm³/mol. The number of hydrogen-bond donors (Lipinski definition) is 1. The molecule has 1 amide bonds. The van der Waals surface area contributed by atoms with Gasteiger partial charge in [0.15, 0.2) is 0 Å². The van der Waals surface area contributed by atoms with Crippen LogP contribution in [0, 0.1) is 5.92 Å². The number of nitrogens with zero attached hydrogens (tertiary/aromatic N) is 1. The summed E-state index contributed by atoms with van der Waals surface area (Å²) in [5, 5.41) is 2.77. The first kappa shape index (κ1) is 15.7. The molecule has 1 aromatic rings. The molecule has 5 heteroatoms. The molecule has 1 unspecified atom stereocenters. The average Bonchev–Trinajstić information content (AvgIpc) is 2.75. The first-order valence-corrected chi connectivity index (χ1v) is 7.12. The van der Waals surface area contributed by atoms with Crippen molar-refractivity contribution >= 4 is 11.7 Å². The van der Waals surface area contributed by atoms with Crippen LogP contribution in [0.25, 0.3) is 0 Å². The summed E-state index contributed by atoms with van der Waals surface area (Å²) >= 11 is 0. The van der Waals surface area contributed by atoms with Crippen LogP contribution in [0.2, 0.25) is 0 Å². The molecule has 1 aromatic heterocycles. The van der Waals surface area contributed by atoms with Gasteiger partial charge in [-0.15, -0.1) is 0 Å². The number of hydrogen-bond acceptors (Lipinski definition) is 1. The van der Waals surface area contributed by atoms with E-state index < -0.39 is 11.8 Å². The molecule has 1 N–H and O–H groups in total. The van der Waals surface area contributed by atoms with Gasteiger partial charge in [0.05, 0.1) is 0 Å². The topological polar surface area (TPSA) is 34.0 Å². The van der Waals surface area contributed by atoms with Gasteiger partial charge in [0.1, 0.15) is 5.82 Å². The zero-order valence-electron chi connectivity index (χ0n) is 12.9. The van der Waals surface area contributed by atoms with E-state index >= 15 is 0 Å². The SMILES string of the molecule is Cn1cc(C(C)(C)C)cc1NC(=O)/C=C/CC1CC1(F)F. The second kappa shape index (κ2) is 5.28. The van der Waals surface area contributed by atoms with Crippen LogP contribution in [-0.2, 0) is 17.3 Å². The van der Waals surface area contributed by atoms with Gasteiger partial charge in [-0.1, -0.05) is 26.8 Å². The molecule has 116 valence electrons. The molecule has 0 bridgehead atoms. The maximum absolute atomic E-state index is 12.7. The molecule has 1 fully saturated rings. The van der Waals surface area contributed by atoms with Gasteiger partial charge in [0.25, 0.3) is 5.92 Å². The van der Waals surface area contributed by atoms with Crippen LogP contribution in [0.1, 0.15) is 39.2 Å². The first-order valence-electron chi connectivity index (χ1n) is 7.12. The van der Waals surface area contributed by atoms with Crippen molar-refractivity contribution in [2.45, 2.75) is 45.0 Å². The molecule has 0 spiro atoms. The van der Waals surface area contributed by atoms with E-state index in [4.69, 9.17) is 0 Å². The van der Waals surface area contributed by atoms with Crippen molar-refractivity contribution in [3.05, 3.63) is 30.0 Å². The normalized spacial score (nSPS) is 20.8. The third-order valence-electron chi connectivity index (χ3n) is 3.77. The molecule has 0 saturated heterocycles. The van der Waals surface area contributed by atoms with Crippen LogP contribution in [-0.4, -0.2) is 16.4 Å². The van der Waals surface area contributed by atoms with Gasteiger partial charge in [-0.25, -0.2) is 8.78 Å². The smallest absolute Gasteiger partial charge is 0.251 e. The summed E-state index contributed by atoms with van der Waals surface area (Å²) in [7, 11) is 1.86. The van der Waals surface area contributed by atoms with Crippen molar-refractivity contribution in [3.8, 4) is 0 Å². The lowest BCUT2D eigenvalue weighted by Crippen LogP contribution is -2.10. The highest BCUT2D eigenvalue weighted by Crippen LogP contribution is 2.50. The Bertz CT molecular complexity index is 567. The van der Waals surface area contributed by atoms with Gasteiger partial charge in [-0.3, -0.25) is 4.79 Å². The summed E-state index contributed by atoms with van der Waals surface area (Å²) < 4.78 is 27.2. The fourth-order valence-corrected chi connectivity index (χ4v) is 2.13. The summed E-state index contributed by atoms with van der Waals surface area (Å²) in [5.74, 6) is -2.71. The molecular weight excluding hydrogens is 274 g/mol. The highest BCUT2D eigenvalue weighted by atomic mass is 19.3. The number of aryl methyl sites for hydroxylation is 1. The van der Waals surface area contributed by atoms with Crippen molar-refractivity contribution in [1.82, 2.24) is 4.57 Å². The van der Waals surface area contributed by atoms with Crippen molar-refractivity contribution in [3.63, 3.8) is 0 Å². The molecule has 21 heavy (non-hydrogen) atoms. The van der Waals surface area contributed by atoms with E-state index in [0.717, 1.165) is 5.56 Å². The van der Waals surface area contributed by atoms with Crippen molar-refractivity contribution in [1.29, 1.82) is 0 Å². The van der Waals surface area contributed by atoms with Crippen LogP contribution >= 0.6 is 0 Å². The van der Waals surface area contributed by atoms with E-state index in [9.17, 15) is 13.6 Å². The Morgan fingerprint density at radius 3 is 2.62 bits per heavy atom. The standard InChI is InChI=1S/C16H22F2N2O/c1-15(2,3)12-8-13(20(4)10-12)19-14(21)7-5-6-11-9-16(11,17)18/h5,7-8,10-11H,6,9H2,1-4H3,(H,19,21)/b7-5+. The Morgan fingerprint density at radius 2 is 2.14 bits per heavy atom. The number of allylic oxidation sites excluding steroid dienone is 1. The van der Waals surface area contributed by atoms with Gasteiger partial charge in [0.2, 0.25) is 5.91 Å². The van der Waals surface area contributed by atoms with E-state index in [-0.39, 0.29) is 24.2 Å². The number of carbonyl (C=O) groups is 1.